The molecular formula is C42H37N3O8. The quantitative estimate of drug-likeness (QED) is 0.174. The van der Waals surface area contributed by atoms with Crippen molar-refractivity contribution in [1.29, 1.82) is 0 Å². The number of hydrogen-bond donors (Lipinski definition) is 2. The van der Waals surface area contributed by atoms with Crippen molar-refractivity contribution in [2.24, 2.45) is 23.7 Å². The number of nitrogens with one attached hydrogen (secondary N) is 1. The second-order valence-electron chi connectivity index (χ2n) is 14.1. The Morgan fingerprint density at radius 2 is 1.57 bits per heavy atom. The lowest BCUT2D eigenvalue weighted by Crippen LogP contribution is -2.53. The number of anilines is 1. The van der Waals surface area contributed by atoms with E-state index in [1.807, 2.05) is 73.7 Å². The molecule has 3 fully saturated rings. The normalized spacial score (nSPS) is 26.1. The first kappa shape index (κ1) is 33.9. The smallest absolute Gasteiger partial charge is 0.423 e. The minimum atomic E-state index is -1.57. The molecule has 0 radical (unpaired) electrons. The molecule has 0 spiro atoms. The number of fused-ring (bicyclic) bond motifs is 4. The molecule has 4 aliphatic rings. The summed E-state index contributed by atoms with van der Waals surface area (Å²) in [5.74, 6) is -6.65. The second-order valence-corrected chi connectivity index (χ2v) is 14.1. The molecule has 5 amide bonds. The van der Waals surface area contributed by atoms with Crippen LogP contribution in [-0.4, -0.2) is 51.8 Å². The SMILES string of the molecule is COC(=O)N1C(=O)C2CC=C3C(CC4C(=O)N(Nc5ccc(C)cc5)C(=O)C4(c4ccccc4)C3c3ccc(OCc4ccccc4)cc3O)C2C1=O. The van der Waals surface area contributed by atoms with Crippen LogP contribution in [0.4, 0.5) is 10.5 Å². The number of carbonyl (C=O) groups excluding carboxylic acids is 5. The Kier molecular flexibility index (Phi) is 8.36. The molecule has 2 heterocycles. The van der Waals surface area contributed by atoms with Crippen LogP contribution in [0, 0.1) is 30.6 Å². The standard InChI is InChI=1S/C42H37N3O8/c1-24-13-15-27(16-14-24)43-45-38(48)33-22-32-29(19-20-31-35(32)39(49)44(37(31)47)41(51)52-2)36(42(33,40(45)50)26-11-7-4-8-12-26)30-18-17-28(21-34(30)46)53-23-25-9-5-3-6-10-25/h3-19,21,31-33,35-36,43,46H,20,22-23H2,1-2H3. The van der Waals surface area contributed by atoms with Gasteiger partial charge in [0, 0.05) is 17.5 Å². The number of aryl methyl sites for hydroxylation is 1. The number of allylic oxidation sites excluding steroid dienone is 2. The van der Waals surface area contributed by atoms with Crippen LogP contribution in [0.3, 0.4) is 0 Å². The molecule has 11 nitrogen and oxygen atoms in total. The number of likely N-dealkylation sites (tertiary alicyclic amines) is 1. The highest BCUT2D eigenvalue weighted by atomic mass is 16.5. The van der Waals surface area contributed by atoms with Crippen LogP contribution in [0.1, 0.15) is 41.0 Å². The third-order valence-corrected chi connectivity index (χ3v) is 11.3. The molecule has 4 aromatic rings. The van der Waals surface area contributed by atoms with E-state index >= 15 is 4.79 Å². The lowest BCUT2D eigenvalue weighted by Gasteiger charge is -2.50. The predicted molar refractivity (Wildman–Crippen MR) is 192 cm³/mol. The molecule has 2 saturated heterocycles. The summed E-state index contributed by atoms with van der Waals surface area (Å²) in [6.07, 6.45) is 0.956. The largest absolute Gasteiger partial charge is 0.508 e. The van der Waals surface area contributed by atoms with E-state index in [9.17, 15) is 24.3 Å². The number of rotatable bonds is 7. The van der Waals surface area contributed by atoms with Gasteiger partial charge in [-0.3, -0.25) is 24.6 Å². The average molecular weight is 712 g/mol. The fraction of sp³-hybridized carbons (Fsp3) is 0.262. The molecule has 0 bridgehead atoms. The Hall–Kier alpha value is -6.23. The predicted octanol–water partition coefficient (Wildman–Crippen LogP) is 6.03. The summed E-state index contributed by atoms with van der Waals surface area (Å²) in [6, 6.07) is 30.8. The monoisotopic (exact) mass is 711 g/mol. The van der Waals surface area contributed by atoms with E-state index in [1.165, 1.54) is 6.07 Å². The van der Waals surface area contributed by atoms with Gasteiger partial charge < -0.3 is 14.6 Å². The van der Waals surface area contributed by atoms with Gasteiger partial charge in [0.1, 0.15) is 18.1 Å². The van der Waals surface area contributed by atoms with Gasteiger partial charge in [-0.2, -0.15) is 9.91 Å². The van der Waals surface area contributed by atoms with E-state index in [0.717, 1.165) is 23.2 Å². The van der Waals surface area contributed by atoms with Crippen molar-refractivity contribution < 1.29 is 38.6 Å². The third kappa shape index (κ3) is 5.29. The van der Waals surface area contributed by atoms with Gasteiger partial charge in [-0.1, -0.05) is 96.1 Å². The Bertz CT molecular complexity index is 2170. The van der Waals surface area contributed by atoms with Crippen molar-refractivity contribution in [2.45, 2.75) is 37.7 Å². The number of ether oxygens (including phenoxy) is 2. The number of aromatic hydroxyl groups is 1. The summed E-state index contributed by atoms with van der Waals surface area (Å²) >= 11 is 0. The zero-order valence-corrected chi connectivity index (χ0v) is 29.1. The van der Waals surface area contributed by atoms with Crippen molar-refractivity contribution in [1.82, 2.24) is 9.91 Å². The first-order valence-electron chi connectivity index (χ1n) is 17.6. The fourth-order valence-electron chi connectivity index (χ4n) is 8.96. The second kappa shape index (κ2) is 13.1. The Morgan fingerprint density at radius 1 is 0.868 bits per heavy atom. The summed E-state index contributed by atoms with van der Waals surface area (Å²) in [5, 5.41) is 13.0. The molecular weight excluding hydrogens is 674 g/mol. The van der Waals surface area contributed by atoms with Crippen LogP contribution >= 0.6 is 0 Å². The van der Waals surface area contributed by atoms with Crippen LogP contribution in [-0.2, 0) is 35.9 Å². The van der Waals surface area contributed by atoms with Crippen LogP contribution in [0.25, 0.3) is 0 Å². The van der Waals surface area contributed by atoms with Gasteiger partial charge in [0.15, 0.2) is 0 Å². The van der Waals surface area contributed by atoms with Crippen LogP contribution in [0.2, 0.25) is 0 Å². The van der Waals surface area contributed by atoms with Crippen molar-refractivity contribution in [3.05, 3.63) is 137 Å². The van der Waals surface area contributed by atoms with Gasteiger partial charge in [-0.05, 0) is 55.0 Å². The van der Waals surface area contributed by atoms with Gasteiger partial charge in [-0.15, -0.1) is 0 Å². The number of hydrazine groups is 1. The van der Waals surface area contributed by atoms with E-state index in [-0.39, 0.29) is 25.2 Å². The van der Waals surface area contributed by atoms with Gasteiger partial charge >= 0.3 is 6.09 Å². The lowest BCUT2D eigenvalue weighted by molar-refractivity contribution is -0.140. The van der Waals surface area contributed by atoms with E-state index in [0.29, 0.717) is 33.0 Å². The van der Waals surface area contributed by atoms with E-state index < -0.39 is 64.7 Å². The van der Waals surface area contributed by atoms with Crippen molar-refractivity contribution in [3.63, 3.8) is 0 Å². The van der Waals surface area contributed by atoms with Gasteiger partial charge in [0.25, 0.3) is 11.8 Å². The summed E-state index contributed by atoms with van der Waals surface area (Å²) in [5.41, 5.74) is 5.53. The summed E-state index contributed by atoms with van der Waals surface area (Å²) < 4.78 is 10.8. The van der Waals surface area contributed by atoms with E-state index in [1.54, 1.807) is 36.4 Å². The first-order chi connectivity index (χ1) is 25.6. The molecule has 2 aliphatic carbocycles. The summed E-state index contributed by atoms with van der Waals surface area (Å²) in [6.45, 7) is 2.19. The fourth-order valence-corrected chi connectivity index (χ4v) is 8.96. The minimum absolute atomic E-state index is 0.0438. The maximum atomic E-state index is 15.3. The van der Waals surface area contributed by atoms with Gasteiger partial charge in [0.05, 0.1) is 36.0 Å². The topological polar surface area (TPSA) is 143 Å². The summed E-state index contributed by atoms with van der Waals surface area (Å²) in [7, 11) is 1.11. The number of hydrogen-bond acceptors (Lipinski definition) is 9. The molecule has 6 unspecified atom stereocenters. The van der Waals surface area contributed by atoms with Crippen LogP contribution in [0.15, 0.2) is 115 Å². The number of methoxy groups -OCH3 is 1. The Morgan fingerprint density at radius 3 is 2.25 bits per heavy atom. The first-order valence-corrected chi connectivity index (χ1v) is 17.6. The number of phenolic OH excluding ortho intramolecular Hbond substituents is 1. The molecule has 268 valence electrons. The molecule has 6 atom stereocenters. The zero-order chi connectivity index (χ0) is 37.0. The molecule has 53 heavy (non-hydrogen) atoms. The number of imide groups is 4. The molecule has 0 aromatic heterocycles. The number of benzene rings is 4. The molecule has 2 aliphatic heterocycles. The van der Waals surface area contributed by atoms with E-state index in [2.05, 4.69) is 5.43 Å². The molecule has 11 heteroatoms. The van der Waals surface area contributed by atoms with E-state index in [4.69, 9.17) is 9.47 Å². The maximum Gasteiger partial charge on any atom is 0.423 e. The highest BCUT2D eigenvalue weighted by Crippen LogP contribution is 2.65. The maximum absolute atomic E-state index is 15.3. The van der Waals surface area contributed by atoms with Gasteiger partial charge in [0.2, 0.25) is 11.8 Å². The van der Waals surface area contributed by atoms with Crippen molar-refractivity contribution in [2.75, 3.05) is 12.5 Å². The molecule has 2 N–H and O–H groups in total. The Labute approximate surface area is 305 Å². The highest BCUT2D eigenvalue weighted by molar-refractivity contribution is 6.16. The highest BCUT2D eigenvalue weighted by Gasteiger charge is 2.71. The minimum Gasteiger partial charge on any atom is -0.508 e. The summed E-state index contributed by atoms with van der Waals surface area (Å²) in [4.78, 5) is 70.8. The lowest BCUT2D eigenvalue weighted by atomic mass is 9.49. The van der Waals surface area contributed by atoms with Gasteiger partial charge in [-0.25, -0.2) is 4.79 Å². The van der Waals surface area contributed by atoms with Crippen LogP contribution in [0.5, 0.6) is 11.5 Å². The van der Waals surface area contributed by atoms with Crippen molar-refractivity contribution in [3.8, 4) is 11.5 Å². The number of carbonyl (C=O) groups is 5. The molecule has 4 aromatic carbocycles. The Balaban J connectivity index is 1.29. The van der Waals surface area contributed by atoms with Crippen LogP contribution < -0.4 is 10.2 Å². The average Bonchev–Trinajstić information content (AvgIpc) is 3.56. The number of nitrogens with zero attached hydrogens (tertiary/aromatic N) is 2. The third-order valence-electron chi connectivity index (χ3n) is 11.3. The number of phenols is 1. The van der Waals surface area contributed by atoms with Crippen molar-refractivity contribution >= 4 is 35.4 Å². The number of amides is 5. The molecule has 8 rings (SSSR count). The molecule has 1 saturated carbocycles. The zero-order valence-electron chi connectivity index (χ0n) is 29.1.